The second-order valence-electron chi connectivity index (χ2n) is 10.3. The SMILES string of the molecule is [C-]#[N+]c1ccc(N2CCN(Cc3ncc(CNc4cccc5c4C(=O)N(C4CCC(=O)NC4=O)C5=O)o3)CC2)c(F)c1. The lowest BCUT2D eigenvalue weighted by Gasteiger charge is -2.35. The second kappa shape index (κ2) is 11.1. The predicted octanol–water partition coefficient (Wildman–Crippen LogP) is 2.70. The number of carbonyl (C=O) groups excluding carboxylic acids is 4. The number of nitrogens with zero attached hydrogens (tertiary/aromatic N) is 5. The highest BCUT2D eigenvalue weighted by molar-refractivity contribution is 6.25. The molecule has 3 aliphatic heterocycles. The van der Waals surface area contributed by atoms with E-state index in [-0.39, 0.29) is 36.2 Å². The molecule has 1 aromatic heterocycles. The van der Waals surface area contributed by atoms with Crippen LogP contribution in [-0.2, 0) is 22.7 Å². The Kier molecular flexibility index (Phi) is 7.13. The molecule has 2 aromatic carbocycles. The smallest absolute Gasteiger partial charge is 0.264 e. The Balaban J connectivity index is 1.06. The van der Waals surface area contributed by atoms with Crippen LogP contribution in [0.3, 0.4) is 0 Å². The van der Waals surface area contributed by atoms with E-state index in [1.165, 1.54) is 12.1 Å². The summed E-state index contributed by atoms with van der Waals surface area (Å²) in [4.78, 5) is 62.9. The molecule has 4 heterocycles. The zero-order valence-corrected chi connectivity index (χ0v) is 22.4. The largest absolute Gasteiger partial charge is 0.442 e. The Labute approximate surface area is 239 Å². The Morgan fingerprint density at radius 1 is 1.10 bits per heavy atom. The number of hydrogen-bond acceptors (Lipinski definition) is 9. The molecule has 2 saturated heterocycles. The van der Waals surface area contributed by atoms with Crippen LogP contribution in [0.1, 0.15) is 45.2 Å². The van der Waals surface area contributed by atoms with Gasteiger partial charge in [0.15, 0.2) is 5.69 Å². The molecule has 0 saturated carbocycles. The van der Waals surface area contributed by atoms with E-state index >= 15 is 0 Å². The Bertz CT molecular complexity index is 1640. The molecule has 13 heteroatoms. The topological polar surface area (TPSA) is 132 Å². The average Bonchev–Trinajstić information content (AvgIpc) is 3.54. The molecule has 3 aliphatic rings. The minimum Gasteiger partial charge on any atom is -0.442 e. The maximum atomic E-state index is 14.4. The van der Waals surface area contributed by atoms with Crippen molar-refractivity contribution in [2.45, 2.75) is 32.0 Å². The second-order valence-corrected chi connectivity index (χ2v) is 10.3. The van der Waals surface area contributed by atoms with Crippen LogP contribution in [0, 0.1) is 12.4 Å². The van der Waals surface area contributed by atoms with Crippen molar-refractivity contribution in [3.63, 3.8) is 0 Å². The minimum absolute atomic E-state index is 0.0506. The van der Waals surface area contributed by atoms with Crippen LogP contribution in [0.2, 0.25) is 0 Å². The summed E-state index contributed by atoms with van der Waals surface area (Å²) >= 11 is 0. The van der Waals surface area contributed by atoms with Crippen LogP contribution in [0.25, 0.3) is 4.85 Å². The van der Waals surface area contributed by atoms with Crippen molar-refractivity contribution in [2.24, 2.45) is 0 Å². The van der Waals surface area contributed by atoms with Crippen molar-refractivity contribution in [3.05, 3.63) is 82.6 Å². The van der Waals surface area contributed by atoms with Crippen molar-refractivity contribution < 1.29 is 28.0 Å². The fourth-order valence-electron chi connectivity index (χ4n) is 5.51. The van der Waals surface area contributed by atoms with Gasteiger partial charge in [-0.1, -0.05) is 12.1 Å². The number of oxazole rings is 1. The molecule has 0 radical (unpaired) electrons. The molecule has 12 nitrogen and oxygen atoms in total. The number of piperazine rings is 1. The third-order valence-electron chi connectivity index (χ3n) is 7.65. The quantitative estimate of drug-likeness (QED) is 0.325. The van der Waals surface area contributed by atoms with Crippen LogP contribution in [0.5, 0.6) is 0 Å². The van der Waals surface area contributed by atoms with Crippen LogP contribution in [0.4, 0.5) is 21.5 Å². The number of carbonyl (C=O) groups is 4. The molecule has 42 heavy (non-hydrogen) atoms. The van der Waals surface area contributed by atoms with Gasteiger partial charge in [-0.3, -0.25) is 34.3 Å². The molecule has 0 spiro atoms. The number of rotatable bonds is 7. The lowest BCUT2D eigenvalue weighted by atomic mass is 10.0. The number of piperidine rings is 1. The summed E-state index contributed by atoms with van der Waals surface area (Å²) < 4.78 is 20.3. The van der Waals surface area contributed by atoms with E-state index < -0.39 is 35.5 Å². The fourth-order valence-corrected chi connectivity index (χ4v) is 5.51. The molecule has 2 fully saturated rings. The van der Waals surface area contributed by atoms with Crippen LogP contribution < -0.4 is 15.5 Å². The Hall–Kier alpha value is -5.09. The molecule has 1 atom stereocenters. The lowest BCUT2D eigenvalue weighted by molar-refractivity contribution is -0.136. The van der Waals surface area contributed by atoms with E-state index in [0.29, 0.717) is 55.7 Å². The number of fused-ring (bicyclic) bond motifs is 1. The maximum absolute atomic E-state index is 14.4. The van der Waals surface area contributed by atoms with Crippen molar-refractivity contribution in [1.29, 1.82) is 0 Å². The van der Waals surface area contributed by atoms with Crippen LogP contribution in [0.15, 0.2) is 47.0 Å². The minimum atomic E-state index is -1.04. The Morgan fingerprint density at radius 3 is 2.64 bits per heavy atom. The number of imide groups is 2. The van der Waals surface area contributed by atoms with Crippen LogP contribution >= 0.6 is 0 Å². The zero-order valence-electron chi connectivity index (χ0n) is 22.4. The first-order valence-electron chi connectivity index (χ1n) is 13.5. The summed E-state index contributed by atoms with van der Waals surface area (Å²) in [6.07, 6.45) is 1.73. The van der Waals surface area contributed by atoms with E-state index in [4.69, 9.17) is 11.0 Å². The zero-order chi connectivity index (χ0) is 29.4. The molecule has 0 aliphatic carbocycles. The number of hydrogen-bond donors (Lipinski definition) is 2. The van der Waals surface area contributed by atoms with Gasteiger partial charge in [0.25, 0.3) is 11.8 Å². The normalized spacial score (nSPS) is 19.1. The first kappa shape index (κ1) is 27.1. The van der Waals surface area contributed by atoms with Gasteiger partial charge in [0.2, 0.25) is 17.7 Å². The molecule has 4 amide bonds. The molecule has 6 rings (SSSR count). The van der Waals surface area contributed by atoms with Gasteiger partial charge in [0.05, 0.1) is 42.7 Å². The molecule has 2 N–H and O–H groups in total. The molecule has 214 valence electrons. The predicted molar refractivity (Wildman–Crippen MR) is 147 cm³/mol. The standard InChI is InChI=1S/C29H26FN7O5/c1-31-17-5-6-22(20(30)13-17)36-11-9-35(10-12-36)16-25-33-15-18(42-25)14-32-21-4-2-3-19-26(21)29(41)37(28(19)40)23-7-8-24(38)34-27(23)39/h2-6,13,15,23,32H,7-12,14,16H2,(H,34,38,39). The summed E-state index contributed by atoms with van der Waals surface area (Å²) in [5.74, 6) is -1.61. The van der Waals surface area contributed by atoms with Gasteiger partial charge in [-0.25, -0.2) is 14.2 Å². The van der Waals surface area contributed by atoms with Gasteiger partial charge >= 0.3 is 0 Å². The van der Waals surface area contributed by atoms with E-state index in [1.807, 2.05) is 4.90 Å². The van der Waals surface area contributed by atoms with Gasteiger partial charge in [0.1, 0.15) is 17.6 Å². The van der Waals surface area contributed by atoms with Crippen molar-refractivity contribution >= 4 is 40.7 Å². The number of nitrogens with one attached hydrogen (secondary N) is 2. The van der Waals surface area contributed by atoms with Gasteiger partial charge in [-0.2, -0.15) is 0 Å². The summed E-state index contributed by atoms with van der Waals surface area (Å²) in [6.45, 7) is 10.3. The first-order chi connectivity index (χ1) is 20.3. The highest BCUT2D eigenvalue weighted by Crippen LogP contribution is 2.33. The number of benzene rings is 2. The number of aromatic nitrogens is 1. The van der Waals surface area contributed by atoms with Gasteiger partial charge < -0.3 is 14.6 Å². The maximum Gasteiger partial charge on any atom is 0.264 e. The van der Waals surface area contributed by atoms with Gasteiger partial charge in [-0.15, -0.1) is 0 Å². The third-order valence-corrected chi connectivity index (χ3v) is 7.65. The third kappa shape index (κ3) is 5.08. The van der Waals surface area contributed by atoms with E-state index in [0.717, 1.165) is 4.90 Å². The highest BCUT2D eigenvalue weighted by Gasteiger charge is 2.45. The molecular weight excluding hydrogens is 545 g/mol. The molecule has 1 unspecified atom stereocenters. The molecule has 0 bridgehead atoms. The molecular formula is C29H26FN7O5. The van der Waals surface area contributed by atoms with Crippen molar-refractivity contribution in [3.8, 4) is 0 Å². The summed E-state index contributed by atoms with van der Waals surface area (Å²) in [7, 11) is 0. The summed E-state index contributed by atoms with van der Waals surface area (Å²) in [5, 5.41) is 5.34. The number of anilines is 2. The number of halogens is 1. The fraction of sp³-hybridized carbons (Fsp3) is 0.310. The van der Waals surface area contributed by atoms with E-state index in [2.05, 4.69) is 25.4 Å². The van der Waals surface area contributed by atoms with Crippen molar-refractivity contribution in [1.82, 2.24) is 20.1 Å². The average molecular weight is 572 g/mol. The van der Waals surface area contributed by atoms with E-state index in [9.17, 15) is 23.6 Å². The molecule has 3 aromatic rings. The van der Waals surface area contributed by atoms with Crippen molar-refractivity contribution in [2.75, 3.05) is 36.4 Å². The Morgan fingerprint density at radius 2 is 1.90 bits per heavy atom. The lowest BCUT2D eigenvalue weighted by Crippen LogP contribution is -2.54. The summed E-state index contributed by atoms with van der Waals surface area (Å²) in [6, 6.07) is 8.34. The van der Waals surface area contributed by atoms with Gasteiger partial charge in [-0.05, 0) is 30.7 Å². The first-order valence-corrected chi connectivity index (χ1v) is 13.5. The van der Waals surface area contributed by atoms with Crippen LogP contribution in [-0.4, -0.2) is 70.6 Å². The van der Waals surface area contributed by atoms with Gasteiger partial charge in [0, 0.05) is 38.3 Å². The monoisotopic (exact) mass is 571 g/mol. The number of amides is 4. The highest BCUT2D eigenvalue weighted by atomic mass is 19.1. The summed E-state index contributed by atoms with van der Waals surface area (Å²) in [5.41, 5.74) is 1.54. The van der Waals surface area contributed by atoms with E-state index in [1.54, 1.807) is 30.5 Å².